The minimum atomic E-state index is 1.03. The minimum absolute atomic E-state index is 1.03. The van der Waals surface area contributed by atoms with Crippen LogP contribution in [0.25, 0.3) is 0 Å². The summed E-state index contributed by atoms with van der Waals surface area (Å²) >= 11 is 0. The van der Waals surface area contributed by atoms with Gasteiger partial charge in [0.15, 0.2) is 0 Å². The zero-order chi connectivity index (χ0) is 10.1. The Balaban J connectivity index is 3.42. The normalized spacial score (nSPS) is 10.8. The fourth-order valence-electron chi connectivity index (χ4n) is 1.27. The number of likely N-dealkylation sites (N-methyl/N-ethyl adjacent to an activating group) is 1. The van der Waals surface area contributed by atoms with Crippen molar-refractivity contribution in [2.24, 2.45) is 0 Å². The summed E-state index contributed by atoms with van der Waals surface area (Å²) < 4.78 is 0. The van der Waals surface area contributed by atoms with E-state index < -0.39 is 0 Å². The molecule has 0 rings (SSSR count). The van der Waals surface area contributed by atoms with Gasteiger partial charge >= 0.3 is 0 Å². The Morgan fingerprint density at radius 1 is 1.31 bits per heavy atom. The van der Waals surface area contributed by atoms with Gasteiger partial charge in [-0.3, -0.25) is 4.90 Å². The van der Waals surface area contributed by atoms with Gasteiger partial charge in [-0.1, -0.05) is 26.0 Å². The summed E-state index contributed by atoms with van der Waals surface area (Å²) in [4.78, 5) is 2.41. The van der Waals surface area contributed by atoms with Crippen LogP contribution in [0.5, 0.6) is 0 Å². The lowest BCUT2D eigenvalue weighted by Gasteiger charge is -2.20. The van der Waals surface area contributed by atoms with Crippen LogP contribution in [0.15, 0.2) is 12.2 Å². The molecule has 0 aromatic heterocycles. The topological polar surface area (TPSA) is 15.3 Å². The van der Waals surface area contributed by atoms with Gasteiger partial charge in [0.2, 0.25) is 0 Å². The number of nitrogens with zero attached hydrogens (tertiary/aromatic N) is 1. The third-order valence-electron chi connectivity index (χ3n) is 1.97. The molecule has 0 radical (unpaired) electrons. The van der Waals surface area contributed by atoms with E-state index in [4.69, 9.17) is 0 Å². The molecule has 78 valence electrons. The summed E-state index contributed by atoms with van der Waals surface area (Å²) in [5, 5.41) is 3.40. The van der Waals surface area contributed by atoms with E-state index in [0.29, 0.717) is 0 Å². The first-order chi connectivity index (χ1) is 6.20. The van der Waals surface area contributed by atoms with E-state index in [1.54, 1.807) is 0 Å². The van der Waals surface area contributed by atoms with Crippen molar-refractivity contribution in [3.63, 3.8) is 0 Å². The average molecular weight is 184 g/mol. The molecule has 0 aliphatic rings. The highest BCUT2D eigenvalue weighted by Gasteiger charge is 2.00. The van der Waals surface area contributed by atoms with Crippen LogP contribution in [-0.4, -0.2) is 37.6 Å². The van der Waals surface area contributed by atoms with Crippen LogP contribution in [0.4, 0.5) is 0 Å². The molecule has 0 bridgehead atoms. The van der Waals surface area contributed by atoms with Crippen molar-refractivity contribution in [2.75, 3.05) is 32.7 Å². The maximum atomic E-state index is 3.93. The van der Waals surface area contributed by atoms with E-state index in [1.165, 1.54) is 12.0 Å². The van der Waals surface area contributed by atoms with Crippen LogP contribution in [0, 0.1) is 0 Å². The molecule has 0 amide bonds. The highest BCUT2D eigenvalue weighted by Crippen LogP contribution is 1.93. The maximum absolute atomic E-state index is 3.93. The number of rotatable bonds is 8. The standard InChI is InChI=1S/C11H24N2/c1-5-7-12-8-9-13(6-2)10-11(3)4/h12H,3,5-10H2,1-2,4H3. The molecule has 1 N–H and O–H groups in total. The first kappa shape index (κ1) is 12.7. The summed E-state index contributed by atoms with van der Waals surface area (Å²) in [6, 6.07) is 0. The van der Waals surface area contributed by atoms with Gasteiger partial charge in [-0.2, -0.15) is 0 Å². The van der Waals surface area contributed by atoms with Crippen LogP contribution in [0.2, 0.25) is 0 Å². The summed E-state index contributed by atoms with van der Waals surface area (Å²) in [6.07, 6.45) is 1.21. The summed E-state index contributed by atoms with van der Waals surface area (Å²) in [6.45, 7) is 15.9. The Morgan fingerprint density at radius 2 is 2.00 bits per heavy atom. The van der Waals surface area contributed by atoms with Crippen LogP contribution in [0.1, 0.15) is 27.2 Å². The average Bonchev–Trinajstić information content (AvgIpc) is 2.09. The Kier molecular flexibility index (Phi) is 8.05. The first-order valence-corrected chi connectivity index (χ1v) is 5.28. The van der Waals surface area contributed by atoms with Crippen molar-refractivity contribution < 1.29 is 0 Å². The van der Waals surface area contributed by atoms with Gasteiger partial charge in [0.25, 0.3) is 0 Å². The van der Waals surface area contributed by atoms with E-state index in [1.807, 2.05) is 0 Å². The van der Waals surface area contributed by atoms with E-state index in [-0.39, 0.29) is 0 Å². The molecule has 0 spiro atoms. The van der Waals surface area contributed by atoms with Gasteiger partial charge in [-0.25, -0.2) is 0 Å². The van der Waals surface area contributed by atoms with Gasteiger partial charge in [0.1, 0.15) is 0 Å². The lowest BCUT2D eigenvalue weighted by molar-refractivity contribution is 0.311. The highest BCUT2D eigenvalue weighted by molar-refractivity contribution is 4.91. The molecule has 2 heteroatoms. The van der Waals surface area contributed by atoms with E-state index in [2.05, 4.69) is 37.6 Å². The molecule has 0 heterocycles. The summed E-state index contributed by atoms with van der Waals surface area (Å²) in [5.74, 6) is 0. The molecule has 0 aromatic carbocycles. The Labute approximate surface area is 83.0 Å². The molecule has 0 atom stereocenters. The van der Waals surface area contributed by atoms with Crippen molar-refractivity contribution in [2.45, 2.75) is 27.2 Å². The van der Waals surface area contributed by atoms with Crippen molar-refractivity contribution in [1.29, 1.82) is 0 Å². The number of hydrogen-bond donors (Lipinski definition) is 1. The lowest BCUT2D eigenvalue weighted by Crippen LogP contribution is -2.33. The molecule has 13 heavy (non-hydrogen) atoms. The van der Waals surface area contributed by atoms with Gasteiger partial charge < -0.3 is 5.32 Å². The largest absolute Gasteiger partial charge is 0.315 e. The van der Waals surface area contributed by atoms with Crippen molar-refractivity contribution >= 4 is 0 Å². The lowest BCUT2D eigenvalue weighted by atomic mass is 10.3. The van der Waals surface area contributed by atoms with E-state index >= 15 is 0 Å². The number of nitrogens with one attached hydrogen (secondary N) is 1. The Bertz CT molecular complexity index is 132. The smallest absolute Gasteiger partial charge is 0.0187 e. The van der Waals surface area contributed by atoms with Gasteiger partial charge in [-0.15, -0.1) is 0 Å². The Hall–Kier alpha value is -0.340. The second-order valence-corrected chi connectivity index (χ2v) is 3.58. The van der Waals surface area contributed by atoms with Gasteiger partial charge in [0, 0.05) is 19.6 Å². The van der Waals surface area contributed by atoms with E-state index in [0.717, 1.165) is 32.7 Å². The van der Waals surface area contributed by atoms with Crippen molar-refractivity contribution in [1.82, 2.24) is 10.2 Å². The molecule has 0 saturated carbocycles. The third kappa shape index (κ3) is 8.00. The molecule has 0 fully saturated rings. The fraction of sp³-hybridized carbons (Fsp3) is 0.818. The Morgan fingerprint density at radius 3 is 2.46 bits per heavy atom. The number of hydrogen-bond acceptors (Lipinski definition) is 2. The van der Waals surface area contributed by atoms with E-state index in [9.17, 15) is 0 Å². The second kappa shape index (κ2) is 8.27. The predicted octanol–water partition coefficient (Wildman–Crippen LogP) is 1.88. The predicted molar refractivity (Wildman–Crippen MR) is 60.1 cm³/mol. The monoisotopic (exact) mass is 184 g/mol. The SMILES string of the molecule is C=C(C)CN(CC)CCNCCC. The second-order valence-electron chi connectivity index (χ2n) is 3.58. The molecule has 2 nitrogen and oxygen atoms in total. The highest BCUT2D eigenvalue weighted by atomic mass is 15.1. The molecule has 0 unspecified atom stereocenters. The van der Waals surface area contributed by atoms with Crippen molar-refractivity contribution in [3.05, 3.63) is 12.2 Å². The molecule has 0 aliphatic heterocycles. The quantitative estimate of drug-likeness (QED) is 0.458. The van der Waals surface area contributed by atoms with Gasteiger partial charge in [0.05, 0.1) is 0 Å². The molecule has 0 saturated heterocycles. The van der Waals surface area contributed by atoms with Crippen molar-refractivity contribution in [3.8, 4) is 0 Å². The fourth-order valence-corrected chi connectivity index (χ4v) is 1.27. The summed E-state index contributed by atoms with van der Waals surface area (Å²) in [7, 11) is 0. The van der Waals surface area contributed by atoms with Crippen LogP contribution >= 0.6 is 0 Å². The molecular formula is C11H24N2. The van der Waals surface area contributed by atoms with Gasteiger partial charge in [-0.05, 0) is 26.4 Å². The molecular weight excluding hydrogens is 160 g/mol. The maximum Gasteiger partial charge on any atom is 0.0187 e. The zero-order valence-electron chi connectivity index (χ0n) is 9.40. The molecule has 0 aliphatic carbocycles. The molecule has 0 aromatic rings. The zero-order valence-corrected chi connectivity index (χ0v) is 9.40. The van der Waals surface area contributed by atoms with Crippen LogP contribution < -0.4 is 5.32 Å². The minimum Gasteiger partial charge on any atom is -0.315 e. The third-order valence-corrected chi connectivity index (χ3v) is 1.97. The first-order valence-electron chi connectivity index (χ1n) is 5.28. The van der Waals surface area contributed by atoms with Crippen LogP contribution in [-0.2, 0) is 0 Å². The van der Waals surface area contributed by atoms with Crippen LogP contribution in [0.3, 0.4) is 0 Å². The summed E-state index contributed by atoms with van der Waals surface area (Å²) in [5.41, 5.74) is 1.25.